The third-order valence-corrected chi connectivity index (χ3v) is 7.26. The molecule has 5 rings (SSSR count). The fourth-order valence-electron chi connectivity index (χ4n) is 5.14. The van der Waals surface area contributed by atoms with E-state index in [-0.39, 0.29) is 30.5 Å². The summed E-state index contributed by atoms with van der Waals surface area (Å²) in [4.78, 5) is 31.6. The number of para-hydroxylation sites is 1. The van der Waals surface area contributed by atoms with E-state index in [0.29, 0.717) is 10.7 Å². The zero-order chi connectivity index (χ0) is 27.5. The zero-order valence-corrected chi connectivity index (χ0v) is 22.7. The van der Waals surface area contributed by atoms with Crippen molar-refractivity contribution in [2.75, 3.05) is 19.0 Å². The molecule has 2 aromatic carbocycles. The summed E-state index contributed by atoms with van der Waals surface area (Å²) in [6.45, 7) is 4.16. The van der Waals surface area contributed by atoms with Crippen molar-refractivity contribution in [2.24, 2.45) is 0 Å². The van der Waals surface area contributed by atoms with E-state index < -0.39 is 0 Å². The lowest BCUT2D eigenvalue weighted by Crippen LogP contribution is -2.37. The van der Waals surface area contributed by atoms with E-state index in [9.17, 15) is 9.59 Å². The molecule has 2 atom stereocenters. The minimum absolute atomic E-state index is 0.0756. The van der Waals surface area contributed by atoms with Crippen molar-refractivity contribution in [3.05, 3.63) is 113 Å². The third kappa shape index (κ3) is 5.26. The molecule has 1 aliphatic rings. The van der Waals surface area contributed by atoms with Gasteiger partial charge in [0.25, 0.3) is 0 Å². The second kappa shape index (κ2) is 11.1. The van der Waals surface area contributed by atoms with Crippen LogP contribution >= 0.6 is 12.2 Å². The number of amides is 1. The van der Waals surface area contributed by atoms with Gasteiger partial charge in [-0.05, 0) is 86.2 Å². The maximum atomic E-state index is 13.1. The number of nitrogens with one attached hydrogen (secondary N) is 2. The SMILES string of the molecule is COC(=O)c1ccc(-n2c(C)cc([C@H]3[C@@H](c4ccccn4)NC(=S)N3CC(=O)Nc3ccccc3)c2C)cc1. The average Bonchev–Trinajstić information content (AvgIpc) is 3.43. The van der Waals surface area contributed by atoms with Crippen LogP contribution in [0.4, 0.5) is 5.69 Å². The summed E-state index contributed by atoms with van der Waals surface area (Å²) in [5.41, 5.74) is 6.01. The van der Waals surface area contributed by atoms with Gasteiger partial charge in [0.2, 0.25) is 5.91 Å². The highest BCUT2D eigenvalue weighted by atomic mass is 32.1. The van der Waals surface area contributed by atoms with Gasteiger partial charge in [-0.15, -0.1) is 0 Å². The number of anilines is 1. The first kappa shape index (κ1) is 26.1. The smallest absolute Gasteiger partial charge is 0.337 e. The lowest BCUT2D eigenvalue weighted by Gasteiger charge is -2.27. The van der Waals surface area contributed by atoms with E-state index in [1.807, 2.05) is 72.5 Å². The Hall–Kier alpha value is -4.50. The van der Waals surface area contributed by atoms with Crippen LogP contribution in [0.2, 0.25) is 0 Å². The van der Waals surface area contributed by atoms with Crippen molar-refractivity contribution in [3.8, 4) is 5.69 Å². The third-order valence-electron chi connectivity index (χ3n) is 6.90. The molecule has 0 radical (unpaired) electrons. The highest BCUT2D eigenvalue weighted by Gasteiger charge is 2.42. The number of carbonyl (C=O) groups is 2. The molecule has 0 saturated carbocycles. The summed E-state index contributed by atoms with van der Waals surface area (Å²) in [7, 11) is 1.37. The molecular formula is C30H29N5O3S. The van der Waals surface area contributed by atoms with Crippen LogP contribution in [0.3, 0.4) is 0 Å². The van der Waals surface area contributed by atoms with E-state index in [1.165, 1.54) is 7.11 Å². The topological polar surface area (TPSA) is 88.5 Å². The number of pyridine rings is 1. The number of thiocarbonyl (C=S) groups is 1. The number of benzene rings is 2. The Bertz CT molecular complexity index is 1500. The van der Waals surface area contributed by atoms with E-state index in [4.69, 9.17) is 17.0 Å². The molecule has 1 saturated heterocycles. The molecule has 39 heavy (non-hydrogen) atoms. The van der Waals surface area contributed by atoms with Gasteiger partial charge in [0.15, 0.2) is 5.11 Å². The van der Waals surface area contributed by atoms with Gasteiger partial charge in [-0.2, -0.15) is 0 Å². The number of aromatic nitrogens is 2. The molecule has 2 N–H and O–H groups in total. The number of hydrogen-bond donors (Lipinski definition) is 2. The largest absolute Gasteiger partial charge is 0.465 e. The molecule has 4 aromatic rings. The highest BCUT2D eigenvalue weighted by Crippen LogP contribution is 2.41. The maximum absolute atomic E-state index is 13.1. The average molecular weight is 540 g/mol. The molecule has 3 heterocycles. The lowest BCUT2D eigenvalue weighted by molar-refractivity contribution is -0.116. The van der Waals surface area contributed by atoms with E-state index in [2.05, 4.69) is 33.2 Å². The first-order valence-electron chi connectivity index (χ1n) is 12.6. The number of hydrogen-bond acceptors (Lipinski definition) is 5. The summed E-state index contributed by atoms with van der Waals surface area (Å²) in [6.07, 6.45) is 1.76. The molecule has 0 aliphatic carbocycles. The maximum Gasteiger partial charge on any atom is 0.337 e. The van der Waals surface area contributed by atoms with Crippen molar-refractivity contribution in [1.29, 1.82) is 0 Å². The summed E-state index contributed by atoms with van der Waals surface area (Å²) < 4.78 is 6.97. The number of methoxy groups -OCH3 is 1. The monoisotopic (exact) mass is 539 g/mol. The van der Waals surface area contributed by atoms with Gasteiger partial charge in [0.05, 0.1) is 30.5 Å². The fourth-order valence-corrected chi connectivity index (χ4v) is 5.44. The molecule has 198 valence electrons. The molecule has 1 fully saturated rings. The van der Waals surface area contributed by atoms with Gasteiger partial charge in [-0.25, -0.2) is 4.79 Å². The summed E-state index contributed by atoms with van der Waals surface area (Å²) >= 11 is 5.76. The number of ether oxygens (including phenoxy) is 1. The van der Waals surface area contributed by atoms with Crippen LogP contribution in [0.1, 0.15) is 45.1 Å². The predicted molar refractivity (Wildman–Crippen MR) is 154 cm³/mol. The standard InChI is InChI=1S/C30H29N5O3S/c1-19-17-24(20(2)35(19)23-14-12-21(13-15-23)29(37)38-3)28-27(25-11-7-8-16-31-25)33-30(39)34(28)18-26(36)32-22-9-5-4-6-10-22/h4-17,27-28H,18H2,1-3H3,(H,32,36)(H,33,39)/t27-,28+/m1/s1. The first-order chi connectivity index (χ1) is 18.9. The van der Waals surface area contributed by atoms with E-state index >= 15 is 0 Å². The quantitative estimate of drug-likeness (QED) is 0.255. The van der Waals surface area contributed by atoms with E-state index in [1.54, 1.807) is 18.3 Å². The first-order valence-corrected chi connectivity index (χ1v) is 13.0. The Morgan fingerprint density at radius 3 is 2.41 bits per heavy atom. The van der Waals surface area contributed by atoms with Crippen molar-refractivity contribution in [2.45, 2.75) is 25.9 Å². The molecule has 8 nitrogen and oxygen atoms in total. The Labute approximate surface area is 232 Å². The summed E-state index contributed by atoms with van der Waals surface area (Å²) in [5, 5.41) is 6.87. The van der Waals surface area contributed by atoms with Crippen LogP contribution in [-0.4, -0.2) is 45.1 Å². The van der Waals surface area contributed by atoms with Gasteiger partial charge in [-0.3, -0.25) is 9.78 Å². The molecule has 0 unspecified atom stereocenters. The molecule has 1 aliphatic heterocycles. The zero-order valence-electron chi connectivity index (χ0n) is 21.9. The Kier molecular flexibility index (Phi) is 7.42. The molecule has 0 bridgehead atoms. The summed E-state index contributed by atoms with van der Waals surface area (Å²) in [5.74, 6) is -0.541. The van der Waals surface area contributed by atoms with Crippen LogP contribution in [-0.2, 0) is 9.53 Å². The van der Waals surface area contributed by atoms with Crippen molar-refractivity contribution in [1.82, 2.24) is 19.8 Å². The van der Waals surface area contributed by atoms with Crippen molar-refractivity contribution >= 4 is 34.9 Å². The van der Waals surface area contributed by atoms with Gasteiger partial charge >= 0.3 is 5.97 Å². The Morgan fingerprint density at radius 1 is 1.03 bits per heavy atom. The van der Waals surface area contributed by atoms with Crippen LogP contribution in [0.25, 0.3) is 5.69 Å². The molecule has 2 aromatic heterocycles. The minimum Gasteiger partial charge on any atom is -0.465 e. The number of aryl methyl sites for hydroxylation is 1. The second-order valence-electron chi connectivity index (χ2n) is 9.37. The predicted octanol–water partition coefficient (Wildman–Crippen LogP) is 4.89. The molecule has 0 spiro atoms. The Morgan fingerprint density at radius 2 is 1.74 bits per heavy atom. The summed E-state index contributed by atoms with van der Waals surface area (Å²) in [6, 6.07) is 24.1. The van der Waals surface area contributed by atoms with Crippen LogP contribution in [0.15, 0.2) is 85.1 Å². The highest BCUT2D eigenvalue weighted by molar-refractivity contribution is 7.80. The van der Waals surface area contributed by atoms with Gasteiger partial charge in [-0.1, -0.05) is 24.3 Å². The van der Waals surface area contributed by atoms with Crippen LogP contribution in [0, 0.1) is 13.8 Å². The number of rotatable bonds is 7. The number of nitrogens with zero attached hydrogens (tertiary/aromatic N) is 3. The minimum atomic E-state index is -0.378. The lowest BCUT2D eigenvalue weighted by atomic mass is 9.96. The second-order valence-corrected chi connectivity index (χ2v) is 9.76. The number of esters is 1. The van der Waals surface area contributed by atoms with Gasteiger partial charge in [0.1, 0.15) is 6.54 Å². The van der Waals surface area contributed by atoms with Crippen LogP contribution in [0.5, 0.6) is 0 Å². The number of carbonyl (C=O) groups excluding carboxylic acids is 2. The van der Waals surface area contributed by atoms with E-state index in [0.717, 1.165) is 34.0 Å². The van der Waals surface area contributed by atoms with Gasteiger partial charge in [0, 0.05) is 29.0 Å². The fraction of sp³-hybridized carbons (Fsp3) is 0.200. The normalized spacial score (nSPS) is 16.6. The molecule has 1 amide bonds. The Balaban J connectivity index is 1.52. The van der Waals surface area contributed by atoms with Crippen LogP contribution < -0.4 is 10.6 Å². The molecule has 9 heteroatoms. The molecular weight excluding hydrogens is 510 g/mol. The van der Waals surface area contributed by atoms with Crippen molar-refractivity contribution < 1.29 is 14.3 Å². The van der Waals surface area contributed by atoms with Gasteiger partial charge < -0.3 is 24.8 Å². The van der Waals surface area contributed by atoms with Crippen molar-refractivity contribution in [3.63, 3.8) is 0 Å².